The summed E-state index contributed by atoms with van der Waals surface area (Å²) >= 11 is 0. The van der Waals surface area contributed by atoms with Crippen molar-refractivity contribution in [1.82, 2.24) is 9.78 Å². The van der Waals surface area contributed by atoms with Gasteiger partial charge in [0.25, 0.3) is 0 Å². The number of rotatable bonds is 4. The number of nitrogens with one attached hydrogen (secondary N) is 1. The predicted octanol–water partition coefficient (Wildman–Crippen LogP) is 2.75. The number of carbonyl (C=O) groups excluding carboxylic acids is 1. The van der Waals surface area contributed by atoms with Crippen molar-refractivity contribution in [1.29, 1.82) is 0 Å². The van der Waals surface area contributed by atoms with E-state index in [-0.39, 0.29) is 11.7 Å². The molecule has 4 nitrogen and oxygen atoms in total. The van der Waals surface area contributed by atoms with Crippen LogP contribution >= 0.6 is 0 Å². The van der Waals surface area contributed by atoms with Crippen LogP contribution in [-0.2, 0) is 18.3 Å². The van der Waals surface area contributed by atoms with Gasteiger partial charge in [-0.25, -0.2) is 4.39 Å². The summed E-state index contributed by atoms with van der Waals surface area (Å²) in [5.74, 6) is -0.486. The summed E-state index contributed by atoms with van der Waals surface area (Å²) in [6, 6.07) is 5.89. The first-order valence-corrected chi connectivity index (χ1v) is 6.52. The van der Waals surface area contributed by atoms with E-state index in [2.05, 4.69) is 10.4 Å². The van der Waals surface area contributed by atoms with Crippen molar-refractivity contribution in [2.75, 3.05) is 5.32 Å². The lowest BCUT2D eigenvalue weighted by molar-refractivity contribution is -0.116. The Balaban J connectivity index is 1.96. The summed E-state index contributed by atoms with van der Waals surface area (Å²) in [6.07, 6.45) is 0.983. The van der Waals surface area contributed by atoms with Gasteiger partial charge < -0.3 is 5.32 Å². The number of nitrogens with zero attached hydrogens (tertiary/aromatic N) is 2. The molecule has 106 valence electrons. The van der Waals surface area contributed by atoms with Gasteiger partial charge in [0.2, 0.25) is 5.91 Å². The molecule has 1 aromatic heterocycles. The molecule has 0 saturated carbocycles. The molecule has 0 spiro atoms. The normalized spacial score (nSPS) is 10.6. The number of aryl methyl sites for hydroxylation is 2. The molecule has 1 heterocycles. The Labute approximate surface area is 117 Å². The fraction of sp³-hybridized carbons (Fsp3) is 0.333. The lowest BCUT2D eigenvalue weighted by Gasteiger charge is -2.05. The average molecular weight is 275 g/mol. The first kappa shape index (κ1) is 14.2. The second kappa shape index (κ2) is 5.86. The minimum atomic E-state index is -0.359. The van der Waals surface area contributed by atoms with Crippen molar-refractivity contribution in [3.8, 4) is 0 Å². The van der Waals surface area contributed by atoms with Gasteiger partial charge in [0, 0.05) is 24.8 Å². The molecule has 0 radical (unpaired) electrons. The second-order valence-electron chi connectivity index (χ2n) is 4.83. The molecule has 5 heteroatoms. The second-order valence-corrected chi connectivity index (χ2v) is 4.83. The number of hydrogen-bond donors (Lipinski definition) is 1. The molecule has 2 aromatic rings. The monoisotopic (exact) mass is 275 g/mol. The molecule has 1 N–H and O–H groups in total. The SMILES string of the molecule is Cc1nn(C)c(C)c1CCC(=O)Nc1cccc(F)c1. The lowest BCUT2D eigenvalue weighted by Crippen LogP contribution is -2.12. The van der Waals surface area contributed by atoms with E-state index in [9.17, 15) is 9.18 Å². The number of benzene rings is 1. The van der Waals surface area contributed by atoms with Crippen molar-refractivity contribution >= 4 is 11.6 Å². The Bertz CT molecular complexity index is 634. The van der Waals surface area contributed by atoms with Gasteiger partial charge in [0.1, 0.15) is 5.82 Å². The van der Waals surface area contributed by atoms with Crippen LogP contribution in [0.2, 0.25) is 0 Å². The summed E-state index contributed by atoms with van der Waals surface area (Å²) in [4.78, 5) is 11.9. The number of hydrogen-bond acceptors (Lipinski definition) is 2. The van der Waals surface area contributed by atoms with Crippen LogP contribution in [0.1, 0.15) is 23.4 Å². The van der Waals surface area contributed by atoms with Crippen molar-refractivity contribution in [2.45, 2.75) is 26.7 Å². The number of aromatic nitrogens is 2. The van der Waals surface area contributed by atoms with Gasteiger partial charge in [-0.2, -0.15) is 5.10 Å². The van der Waals surface area contributed by atoms with Crippen molar-refractivity contribution < 1.29 is 9.18 Å². The summed E-state index contributed by atoms with van der Waals surface area (Å²) in [5.41, 5.74) is 3.60. The molecule has 0 aliphatic carbocycles. The Morgan fingerprint density at radius 2 is 2.15 bits per heavy atom. The van der Waals surface area contributed by atoms with Crippen LogP contribution in [0.3, 0.4) is 0 Å². The predicted molar refractivity (Wildman–Crippen MR) is 76.0 cm³/mol. The average Bonchev–Trinajstić information content (AvgIpc) is 2.61. The third-order valence-corrected chi connectivity index (χ3v) is 3.37. The first-order chi connectivity index (χ1) is 9.47. The molecule has 0 aliphatic rings. The Morgan fingerprint density at radius 1 is 1.40 bits per heavy atom. The van der Waals surface area contributed by atoms with Crippen LogP contribution in [0.25, 0.3) is 0 Å². The van der Waals surface area contributed by atoms with Gasteiger partial charge in [0.05, 0.1) is 5.69 Å². The zero-order valence-electron chi connectivity index (χ0n) is 11.9. The van der Waals surface area contributed by atoms with E-state index in [1.165, 1.54) is 12.1 Å². The maximum atomic E-state index is 13.0. The zero-order valence-corrected chi connectivity index (χ0v) is 11.9. The fourth-order valence-electron chi connectivity index (χ4n) is 2.21. The van der Waals surface area contributed by atoms with E-state index >= 15 is 0 Å². The first-order valence-electron chi connectivity index (χ1n) is 6.52. The van der Waals surface area contributed by atoms with Gasteiger partial charge in [-0.1, -0.05) is 6.07 Å². The quantitative estimate of drug-likeness (QED) is 0.932. The Kier molecular flexibility index (Phi) is 4.17. The molecule has 0 bridgehead atoms. The number of carbonyl (C=O) groups is 1. The van der Waals surface area contributed by atoms with E-state index in [4.69, 9.17) is 0 Å². The highest BCUT2D eigenvalue weighted by atomic mass is 19.1. The molecule has 1 amide bonds. The maximum Gasteiger partial charge on any atom is 0.224 e. The van der Waals surface area contributed by atoms with Crippen molar-refractivity contribution in [3.63, 3.8) is 0 Å². The van der Waals surface area contributed by atoms with Crippen LogP contribution in [0.4, 0.5) is 10.1 Å². The molecule has 0 aliphatic heterocycles. The highest BCUT2D eigenvalue weighted by molar-refractivity contribution is 5.90. The molecular formula is C15H18FN3O. The van der Waals surface area contributed by atoms with Gasteiger partial charge in [-0.15, -0.1) is 0 Å². The van der Waals surface area contributed by atoms with Gasteiger partial charge >= 0.3 is 0 Å². The number of halogens is 1. The smallest absolute Gasteiger partial charge is 0.224 e. The van der Waals surface area contributed by atoms with Crippen molar-refractivity contribution in [2.24, 2.45) is 7.05 Å². The third kappa shape index (κ3) is 3.23. The molecule has 0 unspecified atom stereocenters. The molecule has 0 atom stereocenters. The highest BCUT2D eigenvalue weighted by Crippen LogP contribution is 2.15. The minimum Gasteiger partial charge on any atom is -0.326 e. The molecular weight excluding hydrogens is 257 g/mol. The van der Waals surface area contributed by atoms with E-state index in [1.54, 1.807) is 12.1 Å². The van der Waals surface area contributed by atoms with E-state index in [0.717, 1.165) is 17.0 Å². The third-order valence-electron chi connectivity index (χ3n) is 3.37. The molecule has 2 rings (SSSR count). The standard InChI is InChI=1S/C15H18FN3O/c1-10-14(11(2)19(3)18-10)7-8-15(20)17-13-6-4-5-12(16)9-13/h4-6,9H,7-8H2,1-3H3,(H,17,20). The maximum absolute atomic E-state index is 13.0. The lowest BCUT2D eigenvalue weighted by atomic mass is 10.1. The van der Waals surface area contributed by atoms with Gasteiger partial charge in [-0.3, -0.25) is 9.48 Å². The Morgan fingerprint density at radius 3 is 2.75 bits per heavy atom. The van der Waals surface area contributed by atoms with Crippen molar-refractivity contribution in [3.05, 3.63) is 47.0 Å². The van der Waals surface area contributed by atoms with E-state index in [1.807, 2.05) is 25.6 Å². The molecule has 20 heavy (non-hydrogen) atoms. The Hall–Kier alpha value is -2.17. The van der Waals surface area contributed by atoms with Crippen LogP contribution in [0, 0.1) is 19.7 Å². The van der Waals surface area contributed by atoms with Crippen LogP contribution in [0.15, 0.2) is 24.3 Å². The number of amides is 1. The molecule has 0 fully saturated rings. The van der Waals surface area contributed by atoms with E-state index in [0.29, 0.717) is 18.5 Å². The van der Waals surface area contributed by atoms with Gasteiger partial charge in [0.15, 0.2) is 0 Å². The largest absolute Gasteiger partial charge is 0.326 e. The van der Waals surface area contributed by atoms with Crippen LogP contribution in [0.5, 0.6) is 0 Å². The minimum absolute atomic E-state index is 0.127. The summed E-state index contributed by atoms with van der Waals surface area (Å²) in [5, 5.41) is 7.01. The topological polar surface area (TPSA) is 46.9 Å². The fourth-order valence-corrected chi connectivity index (χ4v) is 2.21. The van der Waals surface area contributed by atoms with E-state index < -0.39 is 0 Å². The van der Waals surface area contributed by atoms with Crippen LogP contribution in [-0.4, -0.2) is 15.7 Å². The van der Waals surface area contributed by atoms with Gasteiger partial charge in [-0.05, 0) is 44.0 Å². The summed E-state index contributed by atoms with van der Waals surface area (Å²) in [6.45, 7) is 3.92. The highest BCUT2D eigenvalue weighted by Gasteiger charge is 2.11. The molecule has 1 aromatic carbocycles. The summed E-state index contributed by atoms with van der Waals surface area (Å²) < 4.78 is 14.8. The number of anilines is 1. The van der Waals surface area contributed by atoms with Crippen LogP contribution < -0.4 is 5.32 Å². The molecule has 0 saturated heterocycles. The summed E-state index contributed by atoms with van der Waals surface area (Å²) in [7, 11) is 1.89. The zero-order chi connectivity index (χ0) is 14.7.